The zero-order valence-electron chi connectivity index (χ0n) is 13.5. The van der Waals surface area contributed by atoms with Crippen molar-refractivity contribution in [2.24, 2.45) is 0 Å². The molecule has 0 unspecified atom stereocenters. The Morgan fingerprint density at radius 2 is 2.00 bits per heavy atom. The fourth-order valence-electron chi connectivity index (χ4n) is 4.14. The Hall–Kier alpha value is -1.83. The second-order valence-electron chi connectivity index (χ2n) is 6.60. The van der Waals surface area contributed by atoms with Crippen LogP contribution < -0.4 is 0 Å². The summed E-state index contributed by atoms with van der Waals surface area (Å²) in [5.74, 6) is 0.218. The van der Waals surface area contributed by atoms with Crippen LogP contribution in [0.4, 0.5) is 0 Å². The number of aryl methyl sites for hydroxylation is 1. The summed E-state index contributed by atoms with van der Waals surface area (Å²) < 4.78 is 14.0. The largest absolute Gasteiger partial charge is 0.348 e. The van der Waals surface area contributed by atoms with Crippen LogP contribution in [-0.4, -0.2) is 23.6 Å². The zero-order valence-corrected chi connectivity index (χ0v) is 13.5. The second-order valence-corrected chi connectivity index (χ2v) is 6.60. The summed E-state index contributed by atoms with van der Waals surface area (Å²) in [7, 11) is 0. The average Bonchev–Trinajstić information content (AvgIpc) is 3.20. The minimum absolute atomic E-state index is 0.308. The zero-order chi connectivity index (χ0) is 15.9. The Morgan fingerprint density at radius 1 is 1.26 bits per heavy atom. The average molecular weight is 310 g/mol. The van der Waals surface area contributed by atoms with E-state index >= 15 is 0 Å². The van der Waals surface area contributed by atoms with Crippen molar-refractivity contribution in [3.8, 4) is 6.07 Å². The van der Waals surface area contributed by atoms with Crippen molar-refractivity contribution in [1.29, 1.82) is 5.26 Å². The molecule has 4 nitrogen and oxygen atoms in total. The molecule has 0 radical (unpaired) electrons. The summed E-state index contributed by atoms with van der Waals surface area (Å²) in [4.78, 5) is 0. The highest BCUT2D eigenvalue weighted by Crippen LogP contribution is 2.44. The molecule has 0 atom stereocenters. The quantitative estimate of drug-likeness (QED) is 0.844. The molecule has 1 aliphatic heterocycles. The molecule has 4 rings (SSSR count). The SMILES string of the molecule is CCn1cc(C2CCC3(CC2)OCCO3)c2cc(C#N)ccc21. The van der Waals surface area contributed by atoms with Crippen molar-refractivity contribution in [3.05, 3.63) is 35.5 Å². The minimum Gasteiger partial charge on any atom is -0.348 e. The molecular weight excluding hydrogens is 288 g/mol. The fourth-order valence-corrected chi connectivity index (χ4v) is 4.14. The van der Waals surface area contributed by atoms with Gasteiger partial charge in [-0.1, -0.05) is 0 Å². The Labute approximate surface area is 136 Å². The maximum absolute atomic E-state index is 9.21. The van der Waals surface area contributed by atoms with Gasteiger partial charge in [0.25, 0.3) is 0 Å². The fraction of sp³-hybridized carbons (Fsp3) is 0.526. The predicted octanol–water partition coefficient (Wildman–Crippen LogP) is 3.93. The monoisotopic (exact) mass is 310 g/mol. The summed E-state index contributed by atoms with van der Waals surface area (Å²) in [5.41, 5.74) is 3.35. The molecule has 1 spiro atoms. The van der Waals surface area contributed by atoms with E-state index in [1.54, 1.807) is 0 Å². The van der Waals surface area contributed by atoms with Crippen LogP contribution in [0.2, 0.25) is 0 Å². The summed E-state index contributed by atoms with van der Waals surface area (Å²) in [6.45, 7) is 4.57. The lowest BCUT2D eigenvalue weighted by Gasteiger charge is -2.35. The minimum atomic E-state index is -0.308. The van der Waals surface area contributed by atoms with Gasteiger partial charge in [-0.2, -0.15) is 5.26 Å². The van der Waals surface area contributed by atoms with Crippen molar-refractivity contribution in [2.45, 2.75) is 50.9 Å². The number of nitriles is 1. The van der Waals surface area contributed by atoms with Gasteiger partial charge in [0.15, 0.2) is 5.79 Å². The summed E-state index contributed by atoms with van der Waals surface area (Å²) in [6.07, 6.45) is 6.38. The third-order valence-electron chi connectivity index (χ3n) is 5.38. The molecule has 23 heavy (non-hydrogen) atoms. The Balaban J connectivity index is 1.67. The smallest absolute Gasteiger partial charge is 0.168 e. The topological polar surface area (TPSA) is 47.2 Å². The Kier molecular flexibility index (Phi) is 3.63. The molecule has 1 aromatic carbocycles. The van der Waals surface area contributed by atoms with Gasteiger partial charge in [-0.05, 0) is 49.4 Å². The standard InChI is InChI=1S/C19H22N2O2/c1-2-21-13-17(16-11-14(12-20)3-4-18(16)21)15-5-7-19(8-6-15)22-9-10-23-19/h3-4,11,13,15H,2,5-10H2,1H3. The molecule has 2 fully saturated rings. The molecule has 2 aromatic rings. The summed E-state index contributed by atoms with van der Waals surface area (Å²) >= 11 is 0. The van der Waals surface area contributed by atoms with Crippen molar-refractivity contribution in [3.63, 3.8) is 0 Å². The van der Waals surface area contributed by atoms with Crippen molar-refractivity contribution < 1.29 is 9.47 Å². The maximum atomic E-state index is 9.21. The van der Waals surface area contributed by atoms with Crippen LogP contribution in [0, 0.1) is 11.3 Å². The third-order valence-corrected chi connectivity index (χ3v) is 5.38. The number of aromatic nitrogens is 1. The van der Waals surface area contributed by atoms with E-state index in [0.717, 1.165) is 51.0 Å². The summed E-state index contributed by atoms with van der Waals surface area (Å²) in [6, 6.07) is 8.30. The third kappa shape index (κ3) is 2.45. The molecule has 4 heteroatoms. The number of hydrogen-bond donors (Lipinski definition) is 0. The van der Waals surface area contributed by atoms with Crippen molar-refractivity contribution >= 4 is 10.9 Å². The molecule has 1 saturated heterocycles. The number of fused-ring (bicyclic) bond motifs is 1. The van der Waals surface area contributed by atoms with Crippen LogP contribution in [0.15, 0.2) is 24.4 Å². The highest BCUT2D eigenvalue weighted by atomic mass is 16.7. The van der Waals surface area contributed by atoms with Crippen LogP contribution in [0.25, 0.3) is 10.9 Å². The van der Waals surface area contributed by atoms with Gasteiger partial charge in [-0.15, -0.1) is 0 Å². The van der Waals surface area contributed by atoms with E-state index in [-0.39, 0.29) is 5.79 Å². The number of nitrogens with zero attached hydrogens (tertiary/aromatic N) is 2. The Morgan fingerprint density at radius 3 is 2.65 bits per heavy atom. The van der Waals surface area contributed by atoms with Crippen LogP contribution in [-0.2, 0) is 16.0 Å². The van der Waals surface area contributed by atoms with Crippen LogP contribution in [0.5, 0.6) is 0 Å². The van der Waals surface area contributed by atoms with Gasteiger partial charge in [0.05, 0.1) is 24.8 Å². The molecule has 120 valence electrons. The number of hydrogen-bond acceptors (Lipinski definition) is 3. The van der Waals surface area contributed by atoms with Gasteiger partial charge in [0.1, 0.15) is 0 Å². The highest BCUT2D eigenvalue weighted by molar-refractivity contribution is 5.86. The van der Waals surface area contributed by atoms with E-state index in [1.807, 2.05) is 12.1 Å². The highest BCUT2D eigenvalue weighted by Gasteiger charge is 2.41. The van der Waals surface area contributed by atoms with E-state index in [2.05, 4.69) is 29.8 Å². The normalized spacial score (nSPS) is 21.0. The van der Waals surface area contributed by atoms with Crippen LogP contribution >= 0.6 is 0 Å². The number of rotatable bonds is 2. The van der Waals surface area contributed by atoms with Crippen LogP contribution in [0.3, 0.4) is 0 Å². The molecule has 0 bridgehead atoms. The van der Waals surface area contributed by atoms with Crippen molar-refractivity contribution in [1.82, 2.24) is 4.57 Å². The summed E-state index contributed by atoms with van der Waals surface area (Å²) in [5, 5.41) is 10.4. The van der Waals surface area contributed by atoms with E-state index in [1.165, 1.54) is 16.5 Å². The van der Waals surface area contributed by atoms with Crippen LogP contribution in [0.1, 0.15) is 49.7 Å². The lowest BCUT2D eigenvalue weighted by Crippen LogP contribution is -2.34. The maximum Gasteiger partial charge on any atom is 0.168 e. The second kappa shape index (κ2) is 5.67. The molecule has 2 heterocycles. The van der Waals surface area contributed by atoms with E-state index < -0.39 is 0 Å². The lowest BCUT2D eigenvalue weighted by atomic mass is 9.81. The van der Waals surface area contributed by atoms with Gasteiger partial charge >= 0.3 is 0 Å². The van der Waals surface area contributed by atoms with Gasteiger partial charge in [-0.3, -0.25) is 0 Å². The first-order valence-corrected chi connectivity index (χ1v) is 8.55. The lowest BCUT2D eigenvalue weighted by molar-refractivity contribution is -0.178. The molecule has 1 saturated carbocycles. The van der Waals surface area contributed by atoms with Gasteiger partial charge in [-0.25, -0.2) is 0 Å². The van der Waals surface area contributed by atoms with Crippen molar-refractivity contribution in [2.75, 3.05) is 13.2 Å². The van der Waals surface area contributed by atoms with Gasteiger partial charge in [0.2, 0.25) is 0 Å². The van der Waals surface area contributed by atoms with E-state index in [4.69, 9.17) is 9.47 Å². The molecule has 1 aromatic heterocycles. The Bertz CT molecular complexity index is 756. The molecular formula is C19H22N2O2. The van der Waals surface area contributed by atoms with Gasteiger partial charge in [0, 0.05) is 36.5 Å². The number of benzene rings is 1. The molecule has 0 amide bonds. The first-order chi connectivity index (χ1) is 11.2. The molecule has 0 N–H and O–H groups in total. The first-order valence-electron chi connectivity index (χ1n) is 8.55. The van der Waals surface area contributed by atoms with E-state index in [9.17, 15) is 5.26 Å². The number of ether oxygens (including phenoxy) is 2. The first kappa shape index (κ1) is 14.7. The predicted molar refractivity (Wildman–Crippen MR) is 88.2 cm³/mol. The van der Waals surface area contributed by atoms with E-state index in [0.29, 0.717) is 5.92 Å². The van der Waals surface area contributed by atoms with Gasteiger partial charge < -0.3 is 14.0 Å². The molecule has 1 aliphatic carbocycles. The molecule has 2 aliphatic rings.